The van der Waals surface area contributed by atoms with Gasteiger partial charge in [0.15, 0.2) is 0 Å². The maximum atomic E-state index is 10.8. The standard InChI is InChI=1S/C10H8N4O4/c15-7(16)5-2-1-3-6(4-5)11-8-12-9(17)14-10(18)13-8/h1-4H,(H,15,16)(H3,11,12,13,14,17,18). The zero-order valence-corrected chi connectivity index (χ0v) is 8.90. The van der Waals surface area contributed by atoms with Gasteiger partial charge in [-0.1, -0.05) is 6.07 Å². The third-order valence-corrected chi connectivity index (χ3v) is 1.98. The number of nitrogens with one attached hydrogen (secondary N) is 1. The molecular formula is C10H8N4O4. The van der Waals surface area contributed by atoms with Crippen molar-refractivity contribution in [1.82, 2.24) is 15.0 Å². The number of aromatic carboxylic acids is 1. The normalized spacial score (nSPS) is 10.0. The predicted octanol–water partition coefficient (Wildman–Crippen LogP) is 0.725. The van der Waals surface area contributed by atoms with Crippen molar-refractivity contribution in [3.05, 3.63) is 29.8 Å². The summed E-state index contributed by atoms with van der Waals surface area (Å²) in [4.78, 5) is 21.0. The highest BCUT2D eigenvalue weighted by Crippen LogP contribution is 2.17. The second-order valence-electron chi connectivity index (χ2n) is 3.27. The van der Waals surface area contributed by atoms with Gasteiger partial charge in [0.1, 0.15) is 0 Å². The molecule has 1 aromatic carbocycles. The van der Waals surface area contributed by atoms with E-state index in [1.54, 1.807) is 6.07 Å². The minimum absolute atomic E-state index is 0.0856. The van der Waals surface area contributed by atoms with E-state index >= 15 is 0 Å². The Hall–Kier alpha value is -2.90. The van der Waals surface area contributed by atoms with Crippen LogP contribution in [0.25, 0.3) is 0 Å². The summed E-state index contributed by atoms with van der Waals surface area (Å²) in [5.41, 5.74) is 0.488. The molecule has 0 aliphatic rings. The van der Waals surface area contributed by atoms with Gasteiger partial charge in [-0.25, -0.2) is 4.79 Å². The van der Waals surface area contributed by atoms with Gasteiger partial charge in [0.2, 0.25) is 5.95 Å². The van der Waals surface area contributed by atoms with E-state index in [2.05, 4.69) is 20.3 Å². The van der Waals surface area contributed by atoms with Crippen molar-refractivity contribution in [2.75, 3.05) is 5.32 Å². The van der Waals surface area contributed by atoms with Crippen LogP contribution in [0.15, 0.2) is 24.3 Å². The first-order chi connectivity index (χ1) is 8.54. The van der Waals surface area contributed by atoms with Gasteiger partial charge in [0.05, 0.1) is 5.56 Å². The van der Waals surface area contributed by atoms with E-state index in [1.165, 1.54) is 18.2 Å². The molecule has 0 saturated heterocycles. The Balaban J connectivity index is 2.28. The Morgan fingerprint density at radius 2 is 1.78 bits per heavy atom. The first-order valence-corrected chi connectivity index (χ1v) is 4.79. The summed E-state index contributed by atoms with van der Waals surface area (Å²) in [6.45, 7) is 0. The molecule has 2 aromatic rings. The number of aromatic nitrogens is 3. The van der Waals surface area contributed by atoms with Gasteiger partial charge in [-0.3, -0.25) is 0 Å². The molecule has 8 heteroatoms. The van der Waals surface area contributed by atoms with Crippen molar-refractivity contribution >= 4 is 17.6 Å². The van der Waals surface area contributed by atoms with Gasteiger partial charge in [0, 0.05) is 5.69 Å². The Morgan fingerprint density at radius 1 is 1.11 bits per heavy atom. The number of rotatable bonds is 3. The largest absolute Gasteiger partial charge is 0.479 e. The quantitative estimate of drug-likeness (QED) is 0.625. The molecule has 1 aromatic heterocycles. The minimum atomic E-state index is -1.07. The maximum Gasteiger partial charge on any atom is 0.335 e. The lowest BCUT2D eigenvalue weighted by Crippen LogP contribution is -2.01. The molecule has 0 atom stereocenters. The third kappa shape index (κ3) is 2.61. The van der Waals surface area contributed by atoms with Crippen molar-refractivity contribution in [2.45, 2.75) is 0 Å². The number of aromatic hydroxyl groups is 2. The van der Waals surface area contributed by atoms with Gasteiger partial charge < -0.3 is 20.6 Å². The van der Waals surface area contributed by atoms with Crippen LogP contribution in [0.2, 0.25) is 0 Å². The highest BCUT2D eigenvalue weighted by atomic mass is 16.4. The van der Waals surface area contributed by atoms with Crippen LogP contribution in [-0.2, 0) is 0 Å². The molecule has 0 amide bonds. The van der Waals surface area contributed by atoms with Gasteiger partial charge in [-0.15, -0.1) is 4.98 Å². The SMILES string of the molecule is O=C(O)c1cccc(Nc2nc(O)nc(O)n2)c1. The average molecular weight is 248 g/mol. The molecule has 92 valence electrons. The first kappa shape index (κ1) is 11.6. The topological polar surface area (TPSA) is 128 Å². The van der Waals surface area contributed by atoms with Crippen molar-refractivity contribution in [3.8, 4) is 12.0 Å². The highest BCUT2D eigenvalue weighted by Gasteiger charge is 2.07. The van der Waals surface area contributed by atoms with E-state index in [0.717, 1.165) is 0 Å². The molecule has 0 bridgehead atoms. The van der Waals surface area contributed by atoms with Crippen LogP contribution >= 0.6 is 0 Å². The van der Waals surface area contributed by atoms with E-state index in [1.807, 2.05) is 0 Å². The van der Waals surface area contributed by atoms with Crippen LogP contribution in [-0.4, -0.2) is 36.2 Å². The zero-order chi connectivity index (χ0) is 13.1. The Labute approximate surface area is 101 Å². The lowest BCUT2D eigenvalue weighted by molar-refractivity contribution is 0.0697. The lowest BCUT2D eigenvalue weighted by atomic mass is 10.2. The molecule has 0 spiro atoms. The number of carboxylic acid groups (broad SMARTS) is 1. The molecular weight excluding hydrogens is 240 g/mol. The molecule has 18 heavy (non-hydrogen) atoms. The molecule has 0 saturated carbocycles. The van der Waals surface area contributed by atoms with Gasteiger partial charge >= 0.3 is 18.0 Å². The predicted molar refractivity (Wildman–Crippen MR) is 59.8 cm³/mol. The first-order valence-electron chi connectivity index (χ1n) is 4.79. The number of carboxylic acids is 1. The smallest absolute Gasteiger partial charge is 0.335 e. The molecule has 0 fully saturated rings. The summed E-state index contributed by atoms with van der Waals surface area (Å²) in [5.74, 6) is -1.16. The zero-order valence-electron chi connectivity index (χ0n) is 8.90. The van der Waals surface area contributed by atoms with Gasteiger partial charge in [0.25, 0.3) is 0 Å². The molecule has 1 heterocycles. The highest BCUT2D eigenvalue weighted by molar-refractivity contribution is 5.88. The summed E-state index contributed by atoms with van der Waals surface area (Å²) in [6, 6.07) is 4.63. The van der Waals surface area contributed by atoms with Crippen molar-refractivity contribution < 1.29 is 20.1 Å². The molecule has 0 aliphatic heterocycles. The van der Waals surface area contributed by atoms with Crippen LogP contribution in [0.5, 0.6) is 12.0 Å². The fourth-order valence-electron chi connectivity index (χ4n) is 1.27. The number of hydrogen-bond donors (Lipinski definition) is 4. The maximum absolute atomic E-state index is 10.8. The molecule has 8 nitrogen and oxygen atoms in total. The minimum Gasteiger partial charge on any atom is -0.479 e. The van der Waals surface area contributed by atoms with Gasteiger partial charge in [-0.05, 0) is 18.2 Å². The van der Waals surface area contributed by atoms with Gasteiger partial charge in [-0.2, -0.15) is 9.97 Å². The van der Waals surface area contributed by atoms with E-state index in [4.69, 9.17) is 15.3 Å². The summed E-state index contributed by atoms with van der Waals surface area (Å²) in [5, 5.41) is 29.6. The molecule has 0 unspecified atom stereocenters. The van der Waals surface area contributed by atoms with Crippen molar-refractivity contribution in [3.63, 3.8) is 0 Å². The van der Waals surface area contributed by atoms with E-state index in [-0.39, 0.29) is 11.5 Å². The fourth-order valence-corrected chi connectivity index (χ4v) is 1.27. The summed E-state index contributed by atoms with van der Waals surface area (Å²) >= 11 is 0. The van der Waals surface area contributed by atoms with Crippen LogP contribution in [0, 0.1) is 0 Å². The Bertz CT molecular complexity index is 582. The molecule has 4 N–H and O–H groups in total. The molecule has 0 radical (unpaired) electrons. The number of benzene rings is 1. The number of carbonyl (C=O) groups is 1. The molecule has 0 aliphatic carbocycles. The number of nitrogens with zero attached hydrogens (tertiary/aromatic N) is 3. The second-order valence-corrected chi connectivity index (χ2v) is 3.27. The van der Waals surface area contributed by atoms with E-state index in [0.29, 0.717) is 5.69 Å². The number of anilines is 2. The fraction of sp³-hybridized carbons (Fsp3) is 0. The summed E-state index contributed by atoms with van der Waals surface area (Å²) in [7, 11) is 0. The van der Waals surface area contributed by atoms with Crippen LogP contribution in [0.3, 0.4) is 0 Å². The van der Waals surface area contributed by atoms with E-state index in [9.17, 15) is 4.79 Å². The van der Waals surface area contributed by atoms with Crippen molar-refractivity contribution in [1.29, 1.82) is 0 Å². The second kappa shape index (κ2) is 4.53. The van der Waals surface area contributed by atoms with Crippen LogP contribution in [0.4, 0.5) is 11.6 Å². The third-order valence-electron chi connectivity index (χ3n) is 1.98. The average Bonchev–Trinajstić information content (AvgIpc) is 2.27. The Kier molecular flexibility index (Phi) is 2.92. The summed E-state index contributed by atoms with van der Waals surface area (Å²) in [6.07, 6.45) is 0. The van der Waals surface area contributed by atoms with E-state index < -0.39 is 18.0 Å². The Morgan fingerprint density at radius 3 is 2.39 bits per heavy atom. The lowest BCUT2D eigenvalue weighted by Gasteiger charge is -2.05. The monoisotopic (exact) mass is 248 g/mol. The molecule has 2 rings (SSSR count). The van der Waals surface area contributed by atoms with Crippen LogP contribution in [0.1, 0.15) is 10.4 Å². The van der Waals surface area contributed by atoms with Crippen molar-refractivity contribution in [2.24, 2.45) is 0 Å². The number of hydrogen-bond acceptors (Lipinski definition) is 7. The van der Waals surface area contributed by atoms with Crippen LogP contribution < -0.4 is 5.32 Å². The summed E-state index contributed by atoms with van der Waals surface area (Å²) < 4.78 is 0.